The van der Waals surface area contributed by atoms with Gasteiger partial charge < -0.3 is 14.3 Å². The Bertz CT molecular complexity index is 986. The third kappa shape index (κ3) is 4.79. The van der Waals surface area contributed by atoms with Crippen molar-refractivity contribution in [3.8, 4) is 11.4 Å². The molecule has 0 bridgehead atoms. The Morgan fingerprint density at radius 2 is 1.67 bits per heavy atom. The molecule has 1 aromatic carbocycles. The summed E-state index contributed by atoms with van der Waals surface area (Å²) in [5, 5.41) is 4.80. The van der Waals surface area contributed by atoms with Crippen molar-refractivity contribution in [2.24, 2.45) is 5.92 Å². The first-order valence-corrected chi connectivity index (χ1v) is 12.7. The van der Waals surface area contributed by atoms with E-state index in [1.165, 1.54) is 6.42 Å². The maximum Gasteiger partial charge on any atom is 0.245 e. The molecule has 2 atom stereocenters. The van der Waals surface area contributed by atoms with Crippen LogP contribution in [-0.2, 0) is 9.59 Å². The molecule has 0 unspecified atom stereocenters. The molecule has 3 heterocycles. The number of amides is 2. The number of likely N-dealkylation sites (tertiary alicyclic amines) is 2. The van der Waals surface area contributed by atoms with Gasteiger partial charge in [0.05, 0.1) is 5.92 Å². The lowest BCUT2D eigenvalue weighted by Crippen LogP contribution is -2.51. The summed E-state index contributed by atoms with van der Waals surface area (Å²) in [5.74, 6) is 1.50. The van der Waals surface area contributed by atoms with Gasteiger partial charge in [-0.1, -0.05) is 36.0 Å². The summed E-state index contributed by atoms with van der Waals surface area (Å²) >= 11 is 5.97. The Balaban J connectivity index is 1.25. The summed E-state index contributed by atoms with van der Waals surface area (Å²) in [5.41, 5.74) is 0.848. The highest BCUT2D eigenvalue weighted by Crippen LogP contribution is 2.32. The zero-order valence-electron chi connectivity index (χ0n) is 18.9. The molecular weight excluding hydrogens is 440 g/mol. The molecule has 1 aromatic heterocycles. The third-order valence-electron chi connectivity index (χ3n) is 7.40. The Morgan fingerprint density at radius 3 is 2.45 bits per heavy atom. The average molecular weight is 471 g/mol. The lowest BCUT2D eigenvalue weighted by atomic mass is 9.88. The Labute approximate surface area is 199 Å². The van der Waals surface area contributed by atoms with Crippen molar-refractivity contribution in [1.82, 2.24) is 19.9 Å². The Kier molecular flexibility index (Phi) is 6.67. The predicted molar refractivity (Wildman–Crippen MR) is 125 cm³/mol. The Hall–Kier alpha value is -2.41. The van der Waals surface area contributed by atoms with Crippen molar-refractivity contribution in [2.45, 2.75) is 69.7 Å². The number of hydrogen-bond acceptors (Lipinski definition) is 5. The molecule has 3 aliphatic rings. The number of rotatable bonds is 4. The number of nitrogens with zero attached hydrogens (tertiary/aromatic N) is 4. The maximum absolute atomic E-state index is 13.5. The summed E-state index contributed by atoms with van der Waals surface area (Å²) in [6, 6.07) is 7.02. The average Bonchev–Trinajstić information content (AvgIpc) is 3.55. The van der Waals surface area contributed by atoms with Crippen LogP contribution in [0.15, 0.2) is 28.8 Å². The highest BCUT2D eigenvalue weighted by Gasteiger charge is 2.40. The zero-order chi connectivity index (χ0) is 22.8. The molecule has 2 aliphatic heterocycles. The maximum atomic E-state index is 13.5. The van der Waals surface area contributed by atoms with Gasteiger partial charge in [-0.25, -0.2) is 0 Å². The van der Waals surface area contributed by atoms with E-state index in [0.29, 0.717) is 29.8 Å². The fourth-order valence-electron chi connectivity index (χ4n) is 5.58. The number of carbonyl (C=O) groups excluding carboxylic acids is 2. The van der Waals surface area contributed by atoms with E-state index in [9.17, 15) is 9.59 Å². The second-order valence-corrected chi connectivity index (χ2v) is 10.0. The monoisotopic (exact) mass is 470 g/mol. The van der Waals surface area contributed by atoms with E-state index < -0.39 is 0 Å². The zero-order valence-corrected chi connectivity index (χ0v) is 19.7. The van der Waals surface area contributed by atoms with Gasteiger partial charge in [0.2, 0.25) is 23.5 Å². The molecule has 5 rings (SSSR count). The highest BCUT2D eigenvalue weighted by atomic mass is 35.5. The van der Waals surface area contributed by atoms with Crippen LogP contribution in [0.4, 0.5) is 0 Å². The van der Waals surface area contributed by atoms with E-state index in [1.807, 2.05) is 21.9 Å². The largest absolute Gasteiger partial charge is 0.340 e. The standard InChI is InChI=1S/C25H31ClN4O3/c26-20-12-10-17(11-13-20)22-27-23(33-28-22)19-8-4-14-29(16-19)25(32)21-9-5-15-30(21)24(31)18-6-2-1-3-7-18/h10-13,18-19,21H,1-9,14-16H2/t19-,21-/m1/s1. The minimum atomic E-state index is -0.314. The van der Waals surface area contributed by atoms with E-state index >= 15 is 0 Å². The van der Waals surface area contributed by atoms with Gasteiger partial charge in [0, 0.05) is 36.1 Å². The highest BCUT2D eigenvalue weighted by molar-refractivity contribution is 6.30. The predicted octanol–water partition coefficient (Wildman–Crippen LogP) is 4.67. The first kappa shape index (κ1) is 22.4. The first-order valence-electron chi connectivity index (χ1n) is 12.3. The topological polar surface area (TPSA) is 79.5 Å². The smallest absolute Gasteiger partial charge is 0.245 e. The molecule has 2 aromatic rings. The van der Waals surface area contributed by atoms with Gasteiger partial charge in [0.1, 0.15) is 6.04 Å². The number of benzene rings is 1. The molecule has 0 N–H and O–H groups in total. The van der Waals surface area contributed by atoms with Crippen LogP contribution in [-0.4, -0.2) is 57.4 Å². The van der Waals surface area contributed by atoms with Gasteiger partial charge in [-0.05, 0) is 62.8 Å². The van der Waals surface area contributed by atoms with Gasteiger partial charge >= 0.3 is 0 Å². The van der Waals surface area contributed by atoms with E-state index in [2.05, 4.69) is 10.1 Å². The van der Waals surface area contributed by atoms with Crippen LogP contribution in [0, 0.1) is 5.92 Å². The van der Waals surface area contributed by atoms with Gasteiger partial charge in [-0.15, -0.1) is 0 Å². The first-order chi connectivity index (χ1) is 16.1. The van der Waals surface area contributed by atoms with Crippen LogP contribution >= 0.6 is 11.6 Å². The molecule has 0 radical (unpaired) electrons. The van der Waals surface area contributed by atoms with E-state index in [-0.39, 0.29) is 29.7 Å². The second-order valence-electron chi connectivity index (χ2n) is 9.61. The number of hydrogen-bond donors (Lipinski definition) is 0. The molecule has 3 fully saturated rings. The molecular formula is C25H31ClN4O3. The van der Waals surface area contributed by atoms with Crippen LogP contribution < -0.4 is 0 Å². The second kappa shape index (κ2) is 9.84. The summed E-state index contributed by atoms with van der Waals surface area (Å²) < 4.78 is 5.58. The van der Waals surface area contributed by atoms with Crippen molar-refractivity contribution in [1.29, 1.82) is 0 Å². The summed E-state index contributed by atoms with van der Waals surface area (Å²) in [6.45, 7) is 1.98. The minimum absolute atomic E-state index is 0.0140. The lowest BCUT2D eigenvalue weighted by molar-refractivity contribution is -0.147. The van der Waals surface area contributed by atoms with Gasteiger partial charge in [0.25, 0.3) is 0 Å². The normalized spacial score (nSPS) is 24.3. The molecule has 8 heteroatoms. The minimum Gasteiger partial charge on any atom is -0.340 e. The molecule has 1 saturated carbocycles. The van der Waals surface area contributed by atoms with Crippen LogP contribution in [0.2, 0.25) is 5.02 Å². The number of carbonyl (C=O) groups is 2. The van der Waals surface area contributed by atoms with E-state index in [4.69, 9.17) is 16.1 Å². The van der Waals surface area contributed by atoms with Crippen LogP contribution in [0.1, 0.15) is 69.6 Å². The summed E-state index contributed by atoms with van der Waals surface area (Å²) in [6.07, 6.45) is 8.86. The van der Waals surface area contributed by atoms with E-state index in [1.54, 1.807) is 12.1 Å². The van der Waals surface area contributed by atoms with Crippen LogP contribution in [0.3, 0.4) is 0 Å². The van der Waals surface area contributed by atoms with Gasteiger partial charge in [0.15, 0.2) is 0 Å². The number of aromatic nitrogens is 2. The van der Waals surface area contributed by atoms with E-state index in [0.717, 1.165) is 63.5 Å². The van der Waals surface area contributed by atoms with Crippen molar-refractivity contribution >= 4 is 23.4 Å². The Morgan fingerprint density at radius 1 is 0.909 bits per heavy atom. The number of halogens is 1. The molecule has 176 valence electrons. The lowest BCUT2D eigenvalue weighted by Gasteiger charge is -2.36. The summed E-state index contributed by atoms with van der Waals surface area (Å²) in [7, 11) is 0. The van der Waals surface area contributed by atoms with Crippen LogP contribution in [0.25, 0.3) is 11.4 Å². The molecule has 0 spiro atoms. The fourth-order valence-corrected chi connectivity index (χ4v) is 5.70. The van der Waals surface area contributed by atoms with Crippen molar-refractivity contribution in [2.75, 3.05) is 19.6 Å². The SMILES string of the molecule is O=C([C@H]1CCCN1C(=O)C1CCCCC1)N1CCC[C@@H](c2nc(-c3ccc(Cl)cc3)no2)C1. The molecule has 7 nitrogen and oxygen atoms in total. The van der Waals surface area contributed by atoms with Crippen molar-refractivity contribution in [3.05, 3.63) is 35.2 Å². The van der Waals surface area contributed by atoms with Crippen molar-refractivity contribution in [3.63, 3.8) is 0 Å². The third-order valence-corrected chi connectivity index (χ3v) is 7.65. The molecule has 2 saturated heterocycles. The molecule has 33 heavy (non-hydrogen) atoms. The fraction of sp³-hybridized carbons (Fsp3) is 0.600. The van der Waals surface area contributed by atoms with Crippen LogP contribution in [0.5, 0.6) is 0 Å². The quantitative estimate of drug-likeness (QED) is 0.648. The van der Waals surface area contributed by atoms with Gasteiger partial charge in [-0.2, -0.15) is 4.98 Å². The summed E-state index contributed by atoms with van der Waals surface area (Å²) in [4.78, 5) is 35.0. The number of piperidine rings is 1. The van der Waals surface area contributed by atoms with Crippen molar-refractivity contribution < 1.29 is 14.1 Å². The molecule has 1 aliphatic carbocycles. The van der Waals surface area contributed by atoms with Gasteiger partial charge in [-0.3, -0.25) is 9.59 Å². The molecule has 2 amide bonds.